The van der Waals surface area contributed by atoms with Gasteiger partial charge in [0, 0.05) is 48.8 Å². The van der Waals surface area contributed by atoms with Gasteiger partial charge in [-0.1, -0.05) is 0 Å². The lowest BCUT2D eigenvalue weighted by molar-refractivity contribution is -0.137. The predicted octanol–water partition coefficient (Wildman–Crippen LogP) is 4.51. The van der Waals surface area contributed by atoms with Crippen LogP contribution in [0.1, 0.15) is 39.2 Å². The molecule has 182 valence electrons. The van der Waals surface area contributed by atoms with Crippen LogP contribution in [0.5, 0.6) is 0 Å². The van der Waals surface area contributed by atoms with E-state index in [1.54, 1.807) is 31.7 Å². The number of aromatic nitrogens is 4. The first kappa shape index (κ1) is 23.6. The largest absolute Gasteiger partial charge is 0.444 e. The Morgan fingerprint density at radius 3 is 2.68 bits per heavy atom. The summed E-state index contributed by atoms with van der Waals surface area (Å²) in [6, 6.07) is 2.79. The van der Waals surface area contributed by atoms with Crippen molar-refractivity contribution in [1.82, 2.24) is 24.6 Å². The Labute approximate surface area is 193 Å². The van der Waals surface area contributed by atoms with Crippen LogP contribution in [0.3, 0.4) is 0 Å². The topological polar surface area (TPSA) is 105 Å². The number of hydrogen-bond acceptors (Lipinski definition) is 7. The zero-order valence-electron chi connectivity index (χ0n) is 18.9. The quantitative estimate of drug-likeness (QED) is 0.534. The molecule has 0 bridgehead atoms. The van der Waals surface area contributed by atoms with Gasteiger partial charge in [-0.05, 0) is 45.7 Å². The molecule has 3 aliphatic rings. The van der Waals surface area contributed by atoms with Crippen LogP contribution in [0, 0.1) is 0 Å². The average Bonchev–Trinajstić information content (AvgIpc) is 3.17. The molecule has 34 heavy (non-hydrogen) atoms. The van der Waals surface area contributed by atoms with E-state index in [-0.39, 0.29) is 29.1 Å². The van der Waals surface area contributed by atoms with Gasteiger partial charge in [0.1, 0.15) is 11.2 Å². The fourth-order valence-electron chi connectivity index (χ4n) is 3.85. The molecule has 1 aromatic rings. The normalized spacial score (nSPS) is 17.1. The predicted molar refractivity (Wildman–Crippen MR) is 117 cm³/mol. The highest BCUT2D eigenvalue weighted by Gasteiger charge is 2.37. The number of carbonyl (C=O) groups is 1. The van der Waals surface area contributed by atoms with Crippen molar-refractivity contribution in [2.24, 2.45) is 0 Å². The Kier molecular flexibility index (Phi) is 6.00. The van der Waals surface area contributed by atoms with Crippen LogP contribution < -0.4 is 5.32 Å². The van der Waals surface area contributed by atoms with E-state index in [4.69, 9.17) is 4.74 Å². The van der Waals surface area contributed by atoms with Crippen LogP contribution in [0.4, 0.5) is 23.9 Å². The standard InChI is InChI=1S/C22H25F3N6O3/c1-21(2,3)34-20(32)30-8-4-6-13(12-30)28-19-27-11-16(22(23,24)25)17(29-19)15-10-26-18-14(15)7-5-9-31(18)33/h5,7,9-11,13,33H,4,6,8,12H2,1-3H3,(H,27,28,29). The minimum absolute atomic E-state index is 0.00111. The molecule has 1 fully saturated rings. The molecule has 4 heterocycles. The Morgan fingerprint density at radius 1 is 1.21 bits per heavy atom. The van der Waals surface area contributed by atoms with Crippen molar-refractivity contribution in [1.29, 1.82) is 0 Å². The molecule has 0 saturated carbocycles. The fraction of sp³-hybridized carbons (Fsp3) is 0.455. The zero-order chi connectivity index (χ0) is 24.7. The molecule has 1 amide bonds. The van der Waals surface area contributed by atoms with E-state index in [2.05, 4.69) is 20.3 Å². The van der Waals surface area contributed by atoms with E-state index in [1.165, 1.54) is 18.5 Å². The van der Waals surface area contributed by atoms with Crippen LogP contribution in [-0.4, -0.2) is 60.6 Å². The highest BCUT2D eigenvalue weighted by Crippen LogP contribution is 2.40. The van der Waals surface area contributed by atoms with Crippen LogP contribution in [0.2, 0.25) is 0 Å². The van der Waals surface area contributed by atoms with Gasteiger partial charge in [-0.2, -0.15) is 17.9 Å². The van der Waals surface area contributed by atoms with Crippen molar-refractivity contribution in [3.63, 3.8) is 0 Å². The maximum absolute atomic E-state index is 13.8. The van der Waals surface area contributed by atoms with Crippen molar-refractivity contribution >= 4 is 12.0 Å². The molecule has 0 aliphatic carbocycles. The lowest BCUT2D eigenvalue weighted by atomic mass is 10.0. The molecular weight excluding hydrogens is 453 g/mol. The number of carbonyl (C=O) groups excluding carboxylic acids is 1. The lowest BCUT2D eigenvalue weighted by Gasteiger charge is -2.34. The Hall–Kier alpha value is -3.57. The number of piperidine rings is 1. The number of ether oxygens (including phenoxy) is 1. The number of likely N-dealkylation sites (tertiary alicyclic amines) is 1. The summed E-state index contributed by atoms with van der Waals surface area (Å²) >= 11 is 0. The summed E-state index contributed by atoms with van der Waals surface area (Å²) in [6.45, 7) is 6.17. The molecule has 1 aromatic heterocycles. The van der Waals surface area contributed by atoms with Gasteiger partial charge in [0.2, 0.25) is 5.95 Å². The summed E-state index contributed by atoms with van der Waals surface area (Å²) in [5.74, 6) is 0.111. The molecule has 0 spiro atoms. The van der Waals surface area contributed by atoms with Crippen molar-refractivity contribution in [3.05, 3.63) is 36.3 Å². The summed E-state index contributed by atoms with van der Waals surface area (Å²) in [6.07, 6.45) is -0.462. The smallest absolute Gasteiger partial charge is 0.419 e. The van der Waals surface area contributed by atoms with Gasteiger partial charge in [0.15, 0.2) is 5.82 Å². The number of pyridine rings is 1. The van der Waals surface area contributed by atoms with Crippen molar-refractivity contribution in [2.75, 3.05) is 18.4 Å². The van der Waals surface area contributed by atoms with E-state index >= 15 is 0 Å². The maximum atomic E-state index is 13.8. The lowest BCUT2D eigenvalue weighted by Crippen LogP contribution is -2.47. The summed E-state index contributed by atoms with van der Waals surface area (Å²) < 4.78 is 47.4. The number of alkyl halides is 3. The number of halogens is 3. The molecule has 12 heteroatoms. The van der Waals surface area contributed by atoms with Crippen LogP contribution in [-0.2, 0) is 10.9 Å². The summed E-state index contributed by atoms with van der Waals surface area (Å²) in [5, 5.41) is 13.0. The van der Waals surface area contributed by atoms with E-state index < -0.39 is 23.4 Å². The second-order valence-corrected chi connectivity index (χ2v) is 9.13. The number of hydrogen-bond donors (Lipinski definition) is 2. The Bertz CT molecular complexity index is 1160. The molecule has 0 radical (unpaired) electrons. The molecule has 1 atom stereocenters. The SMILES string of the molecule is CC(C)(C)OC(=O)N1CCCC(Nc2ncc(C(F)(F)F)c(-c3cnc4n(O)cccc3-4)n2)C1. The number of nitrogens with zero attached hydrogens (tertiary/aromatic N) is 5. The van der Waals surface area contributed by atoms with Crippen LogP contribution >= 0.6 is 0 Å². The monoisotopic (exact) mass is 478 g/mol. The van der Waals surface area contributed by atoms with Gasteiger partial charge in [-0.3, -0.25) is 0 Å². The molecule has 9 nitrogen and oxygen atoms in total. The number of rotatable bonds is 3. The molecule has 4 rings (SSSR count). The fourth-order valence-corrected chi connectivity index (χ4v) is 3.85. The minimum Gasteiger partial charge on any atom is -0.444 e. The van der Waals surface area contributed by atoms with E-state index in [0.29, 0.717) is 31.5 Å². The number of fused-ring (bicyclic) bond motifs is 1. The van der Waals surface area contributed by atoms with Gasteiger partial charge in [0.25, 0.3) is 0 Å². The first-order valence-electron chi connectivity index (χ1n) is 10.8. The van der Waals surface area contributed by atoms with Gasteiger partial charge in [-0.15, -0.1) is 0 Å². The summed E-state index contributed by atoms with van der Waals surface area (Å²) in [4.78, 5) is 26.1. The number of amides is 1. The number of nitrogens with one attached hydrogen (secondary N) is 1. The third-order valence-electron chi connectivity index (χ3n) is 5.31. The minimum atomic E-state index is -4.69. The Balaban J connectivity index is 1.61. The molecule has 2 N–H and O–H groups in total. The summed E-state index contributed by atoms with van der Waals surface area (Å²) in [5.41, 5.74) is -1.56. The maximum Gasteiger partial charge on any atom is 0.419 e. The van der Waals surface area contributed by atoms with Gasteiger partial charge in [0.05, 0.1) is 5.69 Å². The van der Waals surface area contributed by atoms with E-state index in [1.807, 2.05) is 0 Å². The molecule has 0 aromatic carbocycles. The second-order valence-electron chi connectivity index (χ2n) is 9.13. The molecule has 1 unspecified atom stereocenters. The number of anilines is 1. The van der Waals surface area contributed by atoms with Crippen molar-refractivity contribution in [2.45, 2.75) is 51.4 Å². The third-order valence-corrected chi connectivity index (χ3v) is 5.31. The second kappa shape index (κ2) is 8.65. The first-order chi connectivity index (χ1) is 15.9. The van der Waals surface area contributed by atoms with Crippen molar-refractivity contribution < 1.29 is 27.9 Å². The Morgan fingerprint density at radius 2 is 1.97 bits per heavy atom. The van der Waals surface area contributed by atoms with Gasteiger partial charge >= 0.3 is 12.3 Å². The molecule has 3 aliphatic heterocycles. The molecule has 1 saturated heterocycles. The zero-order valence-corrected chi connectivity index (χ0v) is 18.9. The third kappa shape index (κ3) is 5.00. The van der Waals surface area contributed by atoms with Crippen LogP contribution in [0.15, 0.2) is 30.7 Å². The van der Waals surface area contributed by atoms with E-state index in [9.17, 15) is 23.2 Å². The van der Waals surface area contributed by atoms with Crippen LogP contribution in [0.25, 0.3) is 22.6 Å². The van der Waals surface area contributed by atoms with Gasteiger partial charge < -0.3 is 20.2 Å². The van der Waals surface area contributed by atoms with Gasteiger partial charge in [-0.25, -0.2) is 19.7 Å². The average molecular weight is 478 g/mol. The molecular formula is C22H25F3N6O3. The highest BCUT2D eigenvalue weighted by atomic mass is 19.4. The first-order valence-corrected chi connectivity index (χ1v) is 10.8. The summed E-state index contributed by atoms with van der Waals surface area (Å²) in [7, 11) is 0. The highest BCUT2D eigenvalue weighted by molar-refractivity contribution is 5.82. The van der Waals surface area contributed by atoms with E-state index in [0.717, 1.165) is 10.9 Å². The van der Waals surface area contributed by atoms with Crippen molar-refractivity contribution in [3.8, 4) is 22.6 Å².